The zero-order chi connectivity index (χ0) is 15.1. The van der Waals surface area contributed by atoms with E-state index in [1.54, 1.807) is 19.1 Å². The Kier molecular flexibility index (Phi) is 2.83. The molecule has 0 fully saturated rings. The Hall–Kier alpha value is -2.95. The molecule has 0 unspecified atom stereocenters. The van der Waals surface area contributed by atoms with Crippen LogP contribution in [0.15, 0.2) is 40.8 Å². The van der Waals surface area contributed by atoms with Crippen molar-refractivity contribution in [2.75, 3.05) is 0 Å². The number of benzene rings is 2. The Balaban J connectivity index is 2.18. The molecule has 3 N–H and O–H groups in total. The van der Waals surface area contributed by atoms with Gasteiger partial charge in [0.15, 0.2) is 17.1 Å². The first kappa shape index (κ1) is 13.1. The summed E-state index contributed by atoms with van der Waals surface area (Å²) in [5.41, 5.74) is 0.837. The number of hydrogen-bond acceptors (Lipinski definition) is 5. The van der Waals surface area contributed by atoms with E-state index in [4.69, 9.17) is 4.42 Å². The summed E-state index contributed by atoms with van der Waals surface area (Å²) in [4.78, 5) is 12.5. The smallest absolute Gasteiger partial charge is 0.232 e. The van der Waals surface area contributed by atoms with E-state index in [0.29, 0.717) is 10.9 Å². The van der Waals surface area contributed by atoms with Crippen LogP contribution in [0.3, 0.4) is 0 Å². The van der Waals surface area contributed by atoms with Crippen molar-refractivity contribution in [2.45, 2.75) is 6.92 Å². The molecule has 3 aromatic rings. The SMILES string of the molecule is Cc1c(C(=O)c2ccc(O)cc2O)oc2c(O)cccc12. The Morgan fingerprint density at radius 2 is 1.81 bits per heavy atom. The topological polar surface area (TPSA) is 90.9 Å². The van der Waals surface area contributed by atoms with Crippen molar-refractivity contribution < 1.29 is 24.5 Å². The first-order chi connectivity index (χ1) is 9.99. The van der Waals surface area contributed by atoms with Crippen molar-refractivity contribution in [3.8, 4) is 17.2 Å². The highest BCUT2D eigenvalue weighted by atomic mass is 16.4. The summed E-state index contributed by atoms with van der Waals surface area (Å²) in [6.45, 7) is 1.70. The van der Waals surface area contributed by atoms with Crippen molar-refractivity contribution in [2.24, 2.45) is 0 Å². The number of fused-ring (bicyclic) bond motifs is 1. The molecule has 0 aliphatic heterocycles. The maximum atomic E-state index is 12.5. The summed E-state index contributed by atoms with van der Waals surface area (Å²) >= 11 is 0. The third kappa shape index (κ3) is 1.99. The number of phenolic OH excluding ortho intramolecular Hbond substituents is 3. The average Bonchev–Trinajstić information content (AvgIpc) is 2.77. The summed E-state index contributed by atoms with van der Waals surface area (Å²) in [6.07, 6.45) is 0. The fourth-order valence-electron chi connectivity index (χ4n) is 2.28. The molecule has 0 radical (unpaired) electrons. The van der Waals surface area contributed by atoms with Gasteiger partial charge in [-0.1, -0.05) is 12.1 Å². The second-order valence-corrected chi connectivity index (χ2v) is 4.74. The summed E-state index contributed by atoms with van der Waals surface area (Å²) in [5.74, 6) is -0.982. The number of para-hydroxylation sites is 1. The van der Waals surface area contributed by atoms with Gasteiger partial charge in [-0.3, -0.25) is 4.79 Å². The highest BCUT2D eigenvalue weighted by Gasteiger charge is 2.22. The van der Waals surface area contributed by atoms with Gasteiger partial charge in [0, 0.05) is 17.0 Å². The van der Waals surface area contributed by atoms with Crippen LogP contribution in [0.1, 0.15) is 21.7 Å². The lowest BCUT2D eigenvalue weighted by Crippen LogP contribution is -2.01. The Bertz CT molecular complexity index is 860. The number of carbonyl (C=O) groups excluding carboxylic acids is 1. The fourth-order valence-corrected chi connectivity index (χ4v) is 2.28. The van der Waals surface area contributed by atoms with Crippen LogP contribution in [-0.4, -0.2) is 21.1 Å². The van der Waals surface area contributed by atoms with Gasteiger partial charge in [-0.05, 0) is 25.1 Å². The highest BCUT2D eigenvalue weighted by molar-refractivity contribution is 6.12. The zero-order valence-corrected chi connectivity index (χ0v) is 11.1. The van der Waals surface area contributed by atoms with E-state index < -0.39 is 5.78 Å². The third-order valence-corrected chi connectivity index (χ3v) is 3.38. The van der Waals surface area contributed by atoms with Crippen LogP contribution in [0.2, 0.25) is 0 Å². The normalized spacial score (nSPS) is 10.9. The van der Waals surface area contributed by atoms with E-state index in [0.717, 1.165) is 6.07 Å². The largest absolute Gasteiger partial charge is 0.508 e. The van der Waals surface area contributed by atoms with Crippen LogP contribution in [-0.2, 0) is 0 Å². The number of phenols is 3. The fraction of sp³-hybridized carbons (Fsp3) is 0.0625. The second kappa shape index (κ2) is 4.56. The second-order valence-electron chi connectivity index (χ2n) is 4.74. The van der Waals surface area contributed by atoms with Crippen molar-refractivity contribution >= 4 is 16.8 Å². The predicted molar refractivity (Wildman–Crippen MR) is 75.8 cm³/mol. The molecule has 0 bridgehead atoms. The highest BCUT2D eigenvalue weighted by Crippen LogP contribution is 2.34. The molecular formula is C16H12O5. The Morgan fingerprint density at radius 3 is 2.48 bits per heavy atom. The lowest BCUT2D eigenvalue weighted by Gasteiger charge is -2.03. The molecule has 5 heteroatoms. The Morgan fingerprint density at radius 1 is 1.05 bits per heavy atom. The first-order valence-electron chi connectivity index (χ1n) is 6.27. The van der Waals surface area contributed by atoms with E-state index in [1.807, 2.05) is 0 Å². The summed E-state index contributed by atoms with van der Waals surface area (Å²) in [7, 11) is 0. The van der Waals surface area contributed by atoms with Crippen LogP contribution in [0.5, 0.6) is 17.2 Å². The van der Waals surface area contributed by atoms with E-state index >= 15 is 0 Å². The molecule has 1 heterocycles. The van der Waals surface area contributed by atoms with Crippen LogP contribution in [0.4, 0.5) is 0 Å². The lowest BCUT2D eigenvalue weighted by atomic mass is 10.0. The van der Waals surface area contributed by atoms with Crippen molar-refractivity contribution in [1.29, 1.82) is 0 Å². The number of aromatic hydroxyl groups is 3. The molecule has 0 spiro atoms. The van der Waals surface area contributed by atoms with Crippen LogP contribution in [0, 0.1) is 6.92 Å². The molecule has 5 nitrogen and oxygen atoms in total. The monoisotopic (exact) mass is 284 g/mol. The minimum atomic E-state index is -0.513. The number of ketones is 1. The van der Waals surface area contributed by atoms with Crippen molar-refractivity contribution in [3.63, 3.8) is 0 Å². The predicted octanol–water partition coefficient (Wildman–Crippen LogP) is 3.09. The minimum Gasteiger partial charge on any atom is -0.508 e. The van der Waals surface area contributed by atoms with E-state index in [2.05, 4.69) is 0 Å². The maximum Gasteiger partial charge on any atom is 0.232 e. The summed E-state index contributed by atoms with van der Waals surface area (Å²) < 4.78 is 5.46. The van der Waals surface area contributed by atoms with Crippen LogP contribution < -0.4 is 0 Å². The summed E-state index contributed by atoms with van der Waals surface area (Å²) in [5, 5.41) is 29.4. The van der Waals surface area contributed by atoms with Crippen molar-refractivity contribution in [1.82, 2.24) is 0 Å². The van der Waals surface area contributed by atoms with Gasteiger partial charge in [0.2, 0.25) is 5.78 Å². The number of hydrogen-bond donors (Lipinski definition) is 3. The molecule has 2 aromatic carbocycles. The van der Waals surface area contributed by atoms with Crippen LogP contribution in [0.25, 0.3) is 11.0 Å². The number of aryl methyl sites for hydroxylation is 1. The van der Waals surface area contributed by atoms with E-state index in [-0.39, 0.29) is 34.2 Å². The van der Waals surface area contributed by atoms with Gasteiger partial charge in [0.25, 0.3) is 0 Å². The molecule has 3 rings (SSSR count). The minimum absolute atomic E-state index is 0.0226. The van der Waals surface area contributed by atoms with Gasteiger partial charge < -0.3 is 19.7 Å². The number of furan rings is 1. The van der Waals surface area contributed by atoms with Gasteiger partial charge in [-0.2, -0.15) is 0 Å². The molecule has 0 saturated heterocycles. The Labute approximate surface area is 119 Å². The molecule has 0 amide bonds. The first-order valence-corrected chi connectivity index (χ1v) is 6.27. The molecule has 21 heavy (non-hydrogen) atoms. The summed E-state index contributed by atoms with van der Waals surface area (Å²) in [6, 6.07) is 8.58. The van der Waals surface area contributed by atoms with Crippen LogP contribution >= 0.6 is 0 Å². The molecular weight excluding hydrogens is 272 g/mol. The molecule has 0 aliphatic carbocycles. The van der Waals surface area contributed by atoms with E-state index in [9.17, 15) is 20.1 Å². The van der Waals surface area contributed by atoms with Gasteiger partial charge in [0.1, 0.15) is 11.5 Å². The molecule has 0 aliphatic rings. The quantitative estimate of drug-likeness (QED) is 0.629. The number of rotatable bonds is 2. The molecule has 0 atom stereocenters. The average molecular weight is 284 g/mol. The van der Waals surface area contributed by atoms with Gasteiger partial charge >= 0.3 is 0 Å². The molecule has 1 aromatic heterocycles. The zero-order valence-electron chi connectivity index (χ0n) is 11.1. The standard InChI is InChI=1S/C16H12O5/c1-8-10-3-2-4-12(18)16(10)21-15(8)14(20)11-6-5-9(17)7-13(11)19/h2-7,17-19H,1H3. The molecule has 0 saturated carbocycles. The van der Waals surface area contributed by atoms with Crippen molar-refractivity contribution in [3.05, 3.63) is 53.3 Å². The number of carbonyl (C=O) groups is 1. The van der Waals surface area contributed by atoms with Gasteiger partial charge in [0.05, 0.1) is 5.56 Å². The maximum absolute atomic E-state index is 12.5. The van der Waals surface area contributed by atoms with Gasteiger partial charge in [-0.25, -0.2) is 0 Å². The lowest BCUT2D eigenvalue weighted by molar-refractivity contribution is 0.101. The van der Waals surface area contributed by atoms with Gasteiger partial charge in [-0.15, -0.1) is 0 Å². The third-order valence-electron chi connectivity index (χ3n) is 3.38. The van der Waals surface area contributed by atoms with E-state index in [1.165, 1.54) is 18.2 Å². The molecule has 106 valence electrons.